The second kappa shape index (κ2) is 9.43. The third kappa shape index (κ3) is 5.82. The van der Waals surface area contributed by atoms with Crippen LogP contribution < -0.4 is 34.9 Å². The van der Waals surface area contributed by atoms with Gasteiger partial charge in [0.15, 0.2) is 4.87 Å². The number of aliphatic hydroxyl groups excluding tert-OH is 1. The summed E-state index contributed by atoms with van der Waals surface area (Å²) in [5.74, 6) is -3.40. The maximum absolute atomic E-state index is 11.7. The first-order chi connectivity index (χ1) is 9.51. The molecule has 1 amide bonds. The van der Waals surface area contributed by atoms with Crippen LogP contribution in [0.3, 0.4) is 0 Å². The molecular weight excluding hydrogens is 325 g/mol. The molecule has 22 heavy (non-hydrogen) atoms. The predicted molar refractivity (Wildman–Crippen MR) is 73.6 cm³/mol. The molecule has 0 saturated heterocycles. The van der Waals surface area contributed by atoms with E-state index in [0.717, 1.165) is 0 Å². The van der Waals surface area contributed by atoms with E-state index in [-0.39, 0.29) is 36.0 Å². The molecule has 0 fully saturated rings. The van der Waals surface area contributed by atoms with Gasteiger partial charge in [0, 0.05) is 18.6 Å². The third-order valence-corrected chi connectivity index (χ3v) is 4.34. The Bertz CT molecular complexity index is 556. The van der Waals surface area contributed by atoms with Crippen molar-refractivity contribution in [3.8, 4) is 0 Å². The van der Waals surface area contributed by atoms with Gasteiger partial charge in [-0.2, -0.15) is 8.42 Å². The normalized spacial score (nSPS) is 14.7. The number of aliphatic carboxylic acids is 1. The van der Waals surface area contributed by atoms with Crippen LogP contribution in [0.1, 0.15) is 20.3 Å². The predicted octanol–water partition coefficient (Wildman–Crippen LogP) is -3.27. The van der Waals surface area contributed by atoms with Crippen molar-refractivity contribution >= 4 is 22.0 Å². The zero-order valence-electron chi connectivity index (χ0n) is 12.7. The van der Waals surface area contributed by atoms with Gasteiger partial charge in [0.1, 0.15) is 0 Å². The van der Waals surface area contributed by atoms with Gasteiger partial charge < -0.3 is 26.4 Å². The van der Waals surface area contributed by atoms with Crippen LogP contribution in [0.25, 0.3) is 0 Å². The molecule has 0 saturated carbocycles. The Labute approximate surface area is 151 Å². The summed E-state index contributed by atoms with van der Waals surface area (Å²) in [7, 11) is -4.90. The molecule has 8 nitrogen and oxygen atoms in total. The molecule has 0 bridgehead atoms. The molecule has 0 heterocycles. The van der Waals surface area contributed by atoms with Crippen LogP contribution >= 0.6 is 0 Å². The van der Waals surface area contributed by atoms with Crippen molar-refractivity contribution in [1.29, 1.82) is 0 Å². The first kappa shape index (κ1) is 23.6. The summed E-state index contributed by atoms with van der Waals surface area (Å²) in [5, 5.41) is 19.8. The van der Waals surface area contributed by atoms with E-state index in [2.05, 4.69) is 6.58 Å². The molecule has 4 N–H and O–H groups in total. The minimum atomic E-state index is -4.90. The second-order valence-electron chi connectivity index (χ2n) is 4.50. The van der Waals surface area contributed by atoms with Gasteiger partial charge in [0.2, 0.25) is 0 Å². The average molecular weight is 343 g/mol. The number of carboxylic acid groups (broad SMARTS) is 1. The maximum Gasteiger partial charge on any atom is 1.00 e. The van der Waals surface area contributed by atoms with Gasteiger partial charge in [-0.3, -0.25) is 11.1 Å². The number of hydrogen-bond donors (Lipinski definition) is 4. The van der Waals surface area contributed by atoms with E-state index < -0.39 is 45.0 Å². The van der Waals surface area contributed by atoms with Crippen molar-refractivity contribution in [2.75, 3.05) is 6.61 Å². The first-order valence-electron chi connectivity index (χ1n) is 5.90. The van der Waals surface area contributed by atoms with Crippen LogP contribution in [0, 0.1) is 12.0 Å². The number of carbonyl (C=O) groups excluding carboxylic acids is 1. The summed E-state index contributed by atoms with van der Waals surface area (Å²) in [6.07, 6.45) is 2.23. The molecule has 0 aromatic heterocycles. The van der Waals surface area contributed by atoms with Crippen molar-refractivity contribution in [3.63, 3.8) is 0 Å². The Balaban J connectivity index is 0. The third-order valence-electron chi connectivity index (χ3n) is 2.80. The monoisotopic (exact) mass is 343 g/mol. The van der Waals surface area contributed by atoms with E-state index in [1.165, 1.54) is 13.8 Å². The largest absolute Gasteiger partial charge is 1.00 e. The van der Waals surface area contributed by atoms with Crippen LogP contribution in [-0.4, -0.2) is 46.5 Å². The Morgan fingerprint density at radius 3 is 2.18 bits per heavy atom. The smallest absolute Gasteiger partial charge is 0.478 e. The molecule has 1 unspecified atom stereocenters. The van der Waals surface area contributed by atoms with E-state index in [1.807, 2.05) is 11.4 Å². The summed E-state index contributed by atoms with van der Waals surface area (Å²) in [6.45, 7) is 5.24. The Morgan fingerprint density at radius 1 is 1.41 bits per heavy atom. The van der Waals surface area contributed by atoms with Crippen molar-refractivity contribution in [2.45, 2.75) is 25.1 Å². The molecule has 120 valence electrons. The molecule has 0 aliphatic carbocycles. The van der Waals surface area contributed by atoms with E-state index in [1.54, 1.807) is 0 Å². The second-order valence-corrected chi connectivity index (χ2v) is 6.13. The number of nitrogens with one attached hydrogen (secondary N) is 1. The summed E-state index contributed by atoms with van der Waals surface area (Å²) < 4.78 is 32.9. The molecule has 0 aromatic rings. The Kier molecular flexibility index (Phi) is 10.1. The van der Waals surface area contributed by atoms with Crippen molar-refractivity contribution in [2.24, 2.45) is 5.92 Å². The van der Waals surface area contributed by atoms with Gasteiger partial charge in [-0.25, -0.2) is 4.79 Å². The number of carbonyl (C=O) groups is 2. The standard InChI is InChI=1S/C12H18NO7S.Na/c1-4-10(15)13-12(8(2)3,21(18,19)20)7-9(5-6-14)11(16)17;/h7-8,14H,1,5-6H2,2-3H3,(H,13,15)(H,16,17)(H,18,19,20);/q-1;+1. The van der Waals surface area contributed by atoms with E-state index >= 15 is 0 Å². The molecule has 0 rings (SSSR count). The van der Waals surface area contributed by atoms with Crippen molar-refractivity contribution in [3.05, 3.63) is 24.3 Å². The summed E-state index contributed by atoms with van der Waals surface area (Å²) in [6, 6.07) is 0. The fourth-order valence-corrected chi connectivity index (χ4v) is 2.73. The number of aliphatic hydroxyl groups is 1. The molecule has 10 heteroatoms. The van der Waals surface area contributed by atoms with Gasteiger partial charge in [-0.15, -0.1) is 0 Å². The average Bonchev–Trinajstić information content (AvgIpc) is 2.34. The molecule has 0 radical (unpaired) electrons. The fourth-order valence-electron chi connectivity index (χ4n) is 1.63. The zero-order valence-corrected chi connectivity index (χ0v) is 15.5. The van der Waals surface area contributed by atoms with Gasteiger partial charge in [0.25, 0.3) is 10.1 Å². The van der Waals surface area contributed by atoms with Gasteiger partial charge in [0.05, 0.1) is 5.91 Å². The zero-order chi connectivity index (χ0) is 16.8. The van der Waals surface area contributed by atoms with Gasteiger partial charge in [-0.05, 0) is 12.0 Å². The van der Waals surface area contributed by atoms with Gasteiger partial charge in [-0.1, -0.05) is 13.8 Å². The minimum absolute atomic E-state index is 0. The maximum atomic E-state index is 11.7. The molecule has 0 aliphatic heterocycles. The Morgan fingerprint density at radius 2 is 1.91 bits per heavy atom. The van der Waals surface area contributed by atoms with Crippen LogP contribution in [-0.2, 0) is 19.7 Å². The van der Waals surface area contributed by atoms with Crippen LogP contribution in [0.15, 0.2) is 18.2 Å². The minimum Gasteiger partial charge on any atom is -0.478 e. The van der Waals surface area contributed by atoms with Crippen molar-refractivity contribution in [1.82, 2.24) is 5.32 Å². The molecule has 0 spiro atoms. The van der Waals surface area contributed by atoms with Gasteiger partial charge >= 0.3 is 35.5 Å². The molecular formula is C12H18NNaO7S. The van der Waals surface area contributed by atoms with E-state index in [4.69, 9.17) is 10.2 Å². The number of rotatable bonds is 8. The summed E-state index contributed by atoms with van der Waals surface area (Å²) in [5.41, 5.74) is -0.465. The SMILES string of the molecule is C=[C-]C(=O)NC(C=C(CCO)C(=O)O)(C(C)C)S(=O)(=O)O.[Na+]. The topological polar surface area (TPSA) is 141 Å². The first-order valence-corrected chi connectivity index (χ1v) is 7.34. The van der Waals surface area contributed by atoms with Crippen molar-refractivity contribution < 1.29 is 62.3 Å². The number of hydrogen-bond acceptors (Lipinski definition) is 5. The molecule has 1 atom stereocenters. The Hall–Kier alpha value is -0.710. The summed E-state index contributed by atoms with van der Waals surface area (Å²) in [4.78, 5) is 20.1. The van der Waals surface area contributed by atoms with Crippen LogP contribution in [0.2, 0.25) is 0 Å². The van der Waals surface area contributed by atoms with Crippen LogP contribution in [0.5, 0.6) is 0 Å². The number of amides is 1. The number of carboxylic acids is 1. The fraction of sp³-hybridized carbons (Fsp3) is 0.500. The summed E-state index contributed by atoms with van der Waals surface area (Å²) >= 11 is 0. The quantitative estimate of drug-likeness (QED) is 0.157. The van der Waals surface area contributed by atoms with E-state index in [9.17, 15) is 22.6 Å². The molecule has 0 aliphatic rings. The van der Waals surface area contributed by atoms with Crippen LogP contribution in [0.4, 0.5) is 0 Å². The van der Waals surface area contributed by atoms with E-state index in [0.29, 0.717) is 6.08 Å². The molecule has 0 aromatic carbocycles.